The number of aryl methyl sites for hydroxylation is 2. The molecule has 2 heterocycles. The Balaban J connectivity index is 2.46. The van der Waals surface area contributed by atoms with E-state index < -0.39 is 0 Å². The fraction of sp³-hybridized carbons (Fsp3) is 0.429. The topological polar surface area (TPSA) is 42.7 Å². The minimum atomic E-state index is 0.680. The second kappa shape index (κ2) is 6.17. The van der Waals surface area contributed by atoms with Gasteiger partial charge in [0.1, 0.15) is 0 Å². The number of hydrogen-bond acceptors (Lipinski definition) is 3. The molecule has 0 saturated carbocycles. The van der Waals surface area contributed by atoms with Gasteiger partial charge in [0.2, 0.25) is 0 Å². The second-order valence-corrected chi connectivity index (χ2v) is 4.82. The fourth-order valence-corrected chi connectivity index (χ4v) is 2.18. The van der Waals surface area contributed by atoms with Crippen LogP contribution in [0.3, 0.4) is 0 Å². The number of hydrogen-bond donors (Lipinski definition) is 1. The molecule has 0 bridgehead atoms. The highest BCUT2D eigenvalue weighted by molar-refractivity contribution is 6.31. The van der Waals surface area contributed by atoms with Gasteiger partial charge < -0.3 is 5.32 Å². The highest BCUT2D eigenvalue weighted by atomic mass is 35.5. The Hall–Kier alpha value is -1.39. The van der Waals surface area contributed by atoms with Gasteiger partial charge in [-0.15, -0.1) is 0 Å². The molecule has 0 saturated heterocycles. The molecule has 0 spiro atoms. The summed E-state index contributed by atoms with van der Waals surface area (Å²) in [5.74, 6) is 0.825. The van der Waals surface area contributed by atoms with Crippen LogP contribution in [-0.4, -0.2) is 21.8 Å². The van der Waals surface area contributed by atoms with Gasteiger partial charge in [0.05, 0.1) is 10.7 Å². The van der Waals surface area contributed by atoms with E-state index in [1.165, 1.54) is 5.69 Å². The lowest BCUT2D eigenvalue weighted by molar-refractivity contribution is 0.762. The van der Waals surface area contributed by atoms with Crippen molar-refractivity contribution >= 4 is 11.6 Å². The molecule has 2 aromatic rings. The van der Waals surface area contributed by atoms with E-state index in [0.717, 1.165) is 36.5 Å². The number of rotatable bonds is 5. The van der Waals surface area contributed by atoms with E-state index in [1.54, 1.807) is 6.20 Å². The summed E-state index contributed by atoms with van der Waals surface area (Å²) < 4.78 is 1.91. The Bertz CT molecular complexity index is 563. The maximum absolute atomic E-state index is 6.14. The minimum absolute atomic E-state index is 0.680. The third-order valence-corrected chi connectivity index (χ3v) is 3.40. The van der Waals surface area contributed by atoms with E-state index in [9.17, 15) is 0 Å². The molecule has 0 atom stereocenters. The molecule has 0 fully saturated rings. The fourth-order valence-electron chi connectivity index (χ4n) is 2.01. The van der Waals surface area contributed by atoms with Crippen molar-refractivity contribution in [3.63, 3.8) is 0 Å². The van der Waals surface area contributed by atoms with Crippen molar-refractivity contribution in [2.24, 2.45) is 0 Å². The number of nitrogens with one attached hydrogen (secondary N) is 1. The molecule has 0 aliphatic carbocycles. The SMILES string of the molecule is CCc1cc(CC)n(-c2cc(CNC)c(Cl)cn2)n1. The monoisotopic (exact) mass is 278 g/mol. The maximum atomic E-state index is 6.14. The Labute approximate surface area is 118 Å². The average Bonchev–Trinajstić information content (AvgIpc) is 2.85. The molecule has 0 amide bonds. The number of nitrogens with zero attached hydrogens (tertiary/aromatic N) is 3. The molecule has 0 aliphatic rings. The molecular weight excluding hydrogens is 260 g/mol. The zero-order valence-corrected chi connectivity index (χ0v) is 12.3. The van der Waals surface area contributed by atoms with Crippen LogP contribution in [0.5, 0.6) is 0 Å². The van der Waals surface area contributed by atoms with Crippen LogP contribution in [0.15, 0.2) is 18.3 Å². The predicted molar refractivity (Wildman–Crippen MR) is 77.9 cm³/mol. The number of aromatic nitrogens is 3. The van der Waals surface area contributed by atoms with Crippen LogP contribution >= 0.6 is 11.6 Å². The molecule has 2 aromatic heterocycles. The van der Waals surface area contributed by atoms with Gasteiger partial charge in [-0.3, -0.25) is 0 Å². The first-order valence-corrected chi connectivity index (χ1v) is 6.94. The summed E-state index contributed by atoms with van der Waals surface area (Å²) in [4.78, 5) is 4.39. The molecule has 5 heteroatoms. The van der Waals surface area contributed by atoms with Crippen LogP contribution in [0.1, 0.15) is 30.8 Å². The van der Waals surface area contributed by atoms with E-state index in [1.807, 2.05) is 17.8 Å². The Kier molecular flexibility index (Phi) is 4.56. The summed E-state index contributed by atoms with van der Waals surface area (Å²) in [5.41, 5.74) is 3.29. The van der Waals surface area contributed by atoms with Crippen molar-refractivity contribution in [1.82, 2.24) is 20.1 Å². The molecule has 19 heavy (non-hydrogen) atoms. The lowest BCUT2D eigenvalue weighted by atomic mass is 10.2. The van der Waals surface area contributed by atoms with Gasteiger partial charge in [0, 0.05) is 18.4 Å². The van der Waals surface area contributed by atoms with E-state index in [2.05, 4.69) is 35.3 Å². The second-order valence-electron chi connectivity index (χ2n) is 4.41. The van der Waals surface area contributed by atoms with Gasteiger partial charge in [-0.05, 0) is 37.6 Å². The first-order valence-electron chi connectivity index (χ1n) is 6.56. The molecule has 0 unspecified atom stereocenters. The van der Waals surface area contributed by atoms with Crippen molar-refractivity contribution in [3.8, 4) is 5.82 Å². The van der Waals surface area contributed by atoms with Crippen molar-refractivity contribution in [3.05, 3.63) is 40.3 Å². The van der Waals surface area contributed by atoms with E-state index in [0.29, 0.717) is 5.02 Å². The first-order chi connectivity index (χ1) is 9.19. The average molecular weight is 279 g/mol. The number of pyridine rings is 1. The lowest BCUT2D eigenvalue weighted by Gasteiger charge is -2.08. The van der Waals surface area contributed by atoms with Gasteiger partial charge in [-0.25, -0.2) is 9.67 Å². The van der Waals surface area contributed by atoms with Gasteiger partial charge in [0.25, 0.3) is 0 Å². The van der Waals surface area contributed by atoms with Crippen molar-refractivity contribution < 1.29 is 0 Å². The standard InChI is InChI=1S/C14H19ClN4/c1-4-11-7-12(5-2)19(18-11)14-6-10(8-16-3)13(15)9-17-14/h6-7,9,16H,4-5,8H2,1-3H3. The van der Waals surface area contributed by atoms with Crippen LogP contribution in [0.25, 0.3) is 5.82 Å². The third-order valence-electron chi connectivity index (χ3n) is 3.06. The van der Waals surface area contributed by atoms with Gasteiger partial charge in [-0.2, -0.15) is 5.10 Å². The third kappa shape index (κ3) is 2.96. The summed E-state index contributed by atoms with van der Waals surface area (Å²) in [6, 6.07) is 4.12. The predicted octanol–water partition coefficient (Wildman–Crippen LogP) is 2.76. The summed E-state index contributed by atoms with van der Waals surface area (Å²) in [6.45, 7) is 4.95. The Morgan fingerprint density at radius 3 is 2.68 bits per heavy atom. The van der Waals surface area contributed by atoms with Crippen molar-refractivity contribution in [2.75, 3.05) is 7.05 Å². The minimum Gasteiger partial charge on any atom is -0.316 e. The highest BCUT2D eigenvalue weighted by Gasteiger charge is 2.10. The molecular formula is C14H19ClN4. The van der Waals surface area contributed by atoms with Crippen LogP contribution in [-0.2, 0) is 19.4 Å². The molecule has 102 valence electrons. The van der Waals surface area contributed by atoms with E-state index in [4.69, 9.17) is 11.6 Å². The van der Waals surface area contributed by atoms with E-state index in [-0.39, 0.29) is 0 Å². The van der Waals surface area contributed by atoms with Gasteiger partial charge in [-0.1, -0.05) is 25.4 Å². The van der Waals surface area contributed by atoms with Crippen molar-refractivity contribution in [1.29, 1.82) is 0 Å². The number of halogens is 1. The quantitative estimate of drug-likeness (QED) is 0.914. The molecule has 0 aliphatic heterocycles. The van der Waals surface area contributed by atoms with Crippen LogP contribution < -0.4 is 5.32 Å². The lowest BCUT2D eigenvalue weighted by Crippen LogP contribution is -2.09. The van der Waals surface area contributed by atoms with Crippen LogP contribution in [0, 0.1) is 0 Å². The summed E-state index contributed by atoms with van der Waals surface area (Å²) in [7, 11) is 1.90. The zero-order valence-electron chi connectivity index (χ0n) is 11.6. The molecule has 0 aromatic carbocycles. The summed E-state index contributed by atoms with van der Waals surface area (Å²) in [6.07, 6.45) is 3.55. The Morgan fingerprint density at radius 2 is 2.05 bits per heavy atom. The van der Waals surface area contributed by atoms with E-state index >= 15 is 0 Å². The molecule has 1 N–H and O–H groups in total. The first kappa shape index (κ1) is 14.0. The zero-order chi connectivity index (χ0) is 13.8. The molecule has 0 radical (unpaired) electrons. The van der Waals surface area contributed by atoms with Crippen LogP contribution in [0.2, 0.25) is 5.02 Å². The smallest absolute Gasteiger partial charge is 0.154 e. The van der Waals surface area contributed by atoms with Gasteiger partial charge >= 0.3 is 0 Å². The largest absolute Gasteiger partial charge is 0.316 e. The summed E-state index contributed by atoms with van der Waals surface area (Å²) in [5, 5.41) is 8.38. The normalized spacial score (nSPS) is 10.9. The molecule has 2 rings (SSSR count). The van der Waals surface area contributed by atoms with Crippen LogP contribution in [0.4, 0.5) is 0 Å². The highest BCUT2D eigenvalue weighted by Crippen LogP contribution is 2.19. The molecule has 4 nitrogen and oxygen atoms in total. The van der Waals surface area contributed by atoms with Crippen molar-refractivity contribution in [2.45, 2.75) is 33.2 Å². The summed E-state index contributed by atoms with van der Waals surface area (Å²) >= 11 is 6.14. The Morgan fingerprint density at radius 1 is 1.26 bits per heavy atom. The van der Waals surface area contributed by atoms with Gasteiger partial charge in [0.15, 0.2) is 5.82 Å². The maximum Gasteiger partial charge on any atom is 0.154 e.